The van der Waals surface area contributed by atoms with Gasteiger partial charge in [0.1, 0.15) is 6.10 Å². The second-order valence-electron chi connectivity index (χ2n) is 1.08. The summed E-state index contributed by atoms with van der Waals surface area (Å²) in [5.41, 5.74) is 0. The van der Waals surface area contributed by atoms with Crippen molar-refractivity contribution in [1.82, 2.24) is 0 Å². The zero-order valence-corrected chi connectivity index (χ0v) is 7.19. The minimum absolute atomic E-state index is 0. The van der Waals surface area contributed by atoms with E-state index in [1.54, 1.807) is 0 Å². The molecule has 1 unspecified atom stereocenters. The topological polar surface area (TPSA) is 125 Å². The summed E-state index contributed by atoms with van der Waals surface area (Å²) in [6.07, 6.45) is -1.23. The van der Waals surface area contributed by atoms with Gasteiger partial charge in [0.05, 0.1) is 0 Å². The van der Waals surface area contributed by atoms with E-state index >= 15 is 0 Å². The number of aliphatic carboxylic acids is 1. The van der Waals surface area contributed by atoms with Gasteiger partial charge in [-0.2, -0.15) is 0 Å². The average molecular weight is 234 g/mol. The number of rotatable bonds is 1. The van der Waals surface area contributed by atoms with Crippen LogP contribution in [0.15, 0.2) is 0 Å². The molecule has 6 nitrogen and oxygen atoms in total. The van der Waals surface area contributed by atoms with Crippen LogP contribution in [0.5, 0.6) is 0 Å². The Morgan fingerprint density at radius 1 is 1.50 bits per heavy atom. The number of aliphatic hydroxyl groups is 1. The first-order valence-electron chi connectivity index (χ1n) is 1.89. The Kier molecular flexibility index (Phi) is 18.7. The van der Waals surface area contributed by atoms with Crippen molar-refractivity contribution in [1.29, 1.82) is 0 Å². The SMILES string of the molecule is CC(O)C(=O)O.[NH2-].[O]=[Mo]=[O]. The van der Waals surface area contributed by atoms with Gasteiger partial charge >= 0.3 is 31.3 Å². The van der Waals surface area contributed by atoms with Crippen LogP contribution in [-0.2, 0) is 30.1 Å². The van der Waals surface area contributed by atoms with Crippen LogP contribution in [0.1, 0.15) is 6.92 Å². The number of hydrogen-bond donors (Lipinski definition) is 2. The van der Waals surface area contributed by atoms with Crippen LogP contribution in [-0.4, -0.2) is 22.3 Å². The Morgan fingerprint density at radius 2 is 1.60 bits per heavy atom. The third kappa shape index (κ3) is 25.3. The Morgan fingerprint density at radius 3 is 1.60 bits per heavy atom. The molecule has 1 atom stereocenters. The van der Waals surface area contributed by atoms with Gasteiger partial charge in [-0.3, -0.25) is 0 Å². The molecule has 0 fully saturated rings. The van der Waals surface area contributed by atoms with Gasteiger partial charge < -0.3 is 16.4 Å². The molecule has 0 aliphatic carbocycles. The van der Waals surface area contributed by atoms with Gasteiger partial charge in [-0.25, -0.2) is 4.79 Å². The van der Waals surface area contributed by atoms with Crippen LogP contribution >= 0.6 is 0 Å². The van der Waals surface area contributed by atoms with Gasteiger partial charge in [-0.15, -0.1) is 0 Å². The molecule has 0 aliphatic heterocycles. The number of carboxylic acids is 1. The van der Waals surface area contributed by atoms with E-state index in [0.29, 0.717) is 0 Å². The molecule has 0 heterocycles. The van der Waals surface area contributed by atoms with Gasteiger partial charge in [-0.05, 0) is 6.92 Å². The molecule has 62 valence electrons. The maximum absolute atomic E-state index is 9.45. The van der Waals surface area contributed by atoms with Crippen LogP contribution in [0.3, 0.4) is 0 Å². The van der Waals surface area contributed by atoms with Crippen molar-refractivity contribution in [2.45, 2.75) is 13.0 Å². The van der Waals surface area contributed by atoms with Crippen LogP contribution in [0.4, 0.5) is 0 Å². The second kappa shape index (κ2) is 11.5. The van der Waals surface area contributed by atoms with E-state index < -0.39 is 30.6 Å². The monoisotopic (exact) mass is 236 g/mol. The molecule has 0 aromatic rings. The van der Waals surface area contributed by atoms with Gasteiger partial charge in [0.15, 0.2) is 0 Å². The van der Waals surface area contributed by atoms with Crippen molar-refractivity contribution >= 4 is 5.97 Å². The summed E-state index contributed by atoms with van der Waals surface area (Å²) in [7, 11) is 0. The summed E-state index contributed by atoms with van der Waals surface area (Å²) in [5.74, 6) is -1.19. The van der Waals surface area contributed by atoms with Crippen molar-refractivity contribution in [3.8, 4) is 0 Å². The van der Waals surface area contributed by atoms with E-state index in [0.717, 1.165) is 0 Å². The predicted molar refractivity (Wildman–Crippen MR) is 26.0 cm³/mol. The standard InChI is InChI=1S/C3H6O3.Mo.H2N.2O/c1-2(4)3(5)6;;;;/h2,4H,1H3,(H,5,6);;1H2;;/q;;-1;;. The van der Waals surface area contributed by atoms with Crippen molar-refractivity contribution in [2.24, 2.45) is 0 Å². The Labute approximate surface area is 66.0 Å². The summed E-state index contributed by atoms with van der Waals surface area (Å²) in [6, 6.07) is 0. The first-order chi connectivity index (χ1) is 4.06. The molecular weight excluding hydrogens is 226 g/mol. The molecule has 0 radical (unpaired) electrons. The average Bonchev–Trinajstić information content (AvgIpc) is 1.68. The molecule has 0 rings (SSSR count). The van der Waals surface area contributed by atoms with E-state index in [1.807, 2.05) is 0 Å². The van der Waals surface area contributed by atoms with E-state index in [9.17, 15) is 4.79 Å². The summed E-state index contributed by atoms with van der Waals surface area (Å²) < 4.78 is 17.0. The molecule has 7 heteroatoms. The van der Waals surface area contributed by atoms with Crippen molar-refractivity contribution in [3.63, 3.8) is 0 Å². The Hall–Kier alpha value is -0.322. The molecule has 0 bridgehead atoms. The van der Waals surface area contributed by atoms with Crippen LogP contribution in [0.2, 0.25) is 0 Å². The third-order valence-electron chi connectivity index (χ3n) is 0.357. The molecule has 0 saturated carbocycles. The molecule has 0 spiro atoms. The summed E-state index contributed by atoms with van der Waals surface area (Å²) in [5, 5.41) is 15.8. The van der Waals surface area contributed by atoms with Crippen LogP contribution in [0, 0.1) is 0 Å². The fraction of sp³-hybridized carbons (Fsp3) is 0.667. The van der Waals surface area contributed by atoms with E-state index in [1.165, 1.54) is 6.92 Å². The molecular formula is C3H8MoNO5-. The maximum atomic E-state index is 9.45. The minimum atomic E-state index is -2.03. The van der Waals surface area contributed by atoms with Crippen molar-refractivity contribution in [2.75, 3.05) is 0 Å². The predicted octanol–water partition coefficient (Wildman–Crippen LogP) is -0.0712. The van der Waals surface area contributed by atoms with Gasteiger partial charge in [0, 0.05) is 0 Å². The van der Waals surface area contributed by atoms with E-state index in [-0.39, 0.29) is 6.15 Å². The zero-order valence-electron chi connectivity index (χ0n) is 5.18. The Bertz CT molecular complexity index is 118. The zero-order chi connectivity index (χ0) is 7.86. The molecule has 0 aromatic heterocycles. The quantitative estimate of drug-likeness (QED) is 0.614. The van der Waals surface area contributed by atoms with E-state index in [4.69, 9.17) is 17.0 Å². The summed E-state index contributed by atoms with van der Waals surface area (Å²) in [4.78, 5) is 9.45. The molecule has 0 amide bonds. The number of aliphatic hydroxyl groups excluding tert-OH is 1. The molecule has 10 heavy (non-hydrogen) atoms. The van der Waals surface area contributed by atoms with Crippen molar-refractivity contribution in [3.05, 3.63) is 6.15 Å². The molecule has 4 N–H and O–H groups in total. The first-order valence-corrected chi connectivity index (χ1v) is 3.52. The molecule has 0 aliphatic rings. The Balaban J connectivity index is -0.000000107. The third-order valence-corrected chi connectivity index (χ3v) is 0.357. The van der Waals surface area contributed by atoms with Crippen LogP contribution < -0.4 is 0 Å². The number of hydrogen-bond acceptors (Lipinski definition) is 4. The first kappa shape index (κ1) is 16.3. The fourth-order valence-corrected chi connectivity index (χ4v) is 0. The normalized spacial score (nSPS) is 9.40. The van der Waals surface area contributed by atoms with Crippen LogP contribution in [0.25, 0.3) is 6.15 Å². The summed E-state index contributed by atoms with van der Waals surface area (Å²) in [6.45, 7) is 1.20. The van der Waals surface area contributed by atoms with Gasteiger partial charge in [0.2, 0.25) is 0 Å². The molecule has 0 aromatic carbocycles. The van der Waals surface area contributed by atoms with E-state index in [2.05, 4.69) is 0 Å². The number of carbonyl (C=O) groups is 1. The van der Waals surface area contributed by atoms with Crippen molar-refractivity contribution < 1.29 is 40.3 Å². The second-order valence-corrected chi connectivity index (χ2v) is 1.42. The fourth-order valence-electron chi connectivity index (χ4n) is 0. The van der Waals surface area contributed by atoms with Gasteiger partial charge in [0.25, 0.3) is 0 Å². The van der Waals surface area contributed by atoms with Gasteiger partial charge in [-0.1, -0.05) is 0 Å². The molecule has 0 saturated heterocycles. The summed E-state index contributed by atoms with van der Waals surface area (Å²) >= 11 is -2.03. The number of carboxylic acid groups (broad SMARTS) is 1. The number of nitrogens with two attached hydrogens (primary N) is 1.